The van der Waals surface area contributed by atoms with E-state index in [4.69, 9.17) is 0 Å². The van der Waals surface area contributed by atoms with Crippen LogP contribution in [0.2, 0.25) is 0 Å². The minimum Gasteiger partial charge on any atom is -0.360 e. The summed E-state index contributed by atoms with van der Waals surface area (Å²) in [6, 6.07) is 19.8. The van der Waals surface area contributed by atoms with Gasteiger partial charge in [0.05, 0.1) is 5.25 Å². The average Bonchev–Trinajstić information content (AvgIpc) is 3.39. The molecular weight excluding hydrogens is 386 g/mol. The van der Waals surface area contributed by atoms with Gasteiger partial charge in [-0.05, 0) is 23.1 Å². The first-order chi connectivity index (χ1) is 13.8. The van der Waals surface area contributed by atoms with Gasteiger partial charge in [0.2, 0.25) is 0 Å². The van der Waals surface area contributed by atoms with Crippen LogP contribution in [-0.2, 0) is 0 Å². The molecule has 0 saturated carbocycles. The topological polar surface area (TPSA) is 58.6 Å². The first-order valence-electron chi connectivity index (χ1n) is 8.81. The molecule has 0 saturated heterocycles. The van der Waals surface area contributed by atoms with Gasteiger partial charge >= 0.3 is 0 Å². The van der Waals surface area contributed by atoms with Gasteiger partial charge in [-0.25, -0.2) is 9.97 Å². The maximum atomic E-state index is 13.6. The highest BCUT2D eigenvalue weighted by molar-refractivity contribution is 8.00. The normalized spacial score (nSPS) is 12.4. The summed E-state index contributed by atoms with van der Waals surface area (Å²) in [5.41, 5.74) is 2.63. The first kappa shape index (κ1) is 17.2. The molecule has 1 N–H and O–H groups in total. The van der Waals surface area contributed by atoms with Gasteiger partial charge in [0, 0.05) is 28.0 Å². The van der Waals surface area contributed by atoms with E-state index >= 15 is 0 Å². The molecule has 2 aromatic carbocycles. The second kappa shape index (κ2) is 7.22. The van der Waals surface area contributed by atoms with Crippen molar-refractivity contribution in [2.45, 2.75) is 10.3 Å². The lowest BCUT2D eigenvalue weighted by Crippen LogP contribution is -2.10. The zero-order valence-corrected chi connectivity index (χ0v) is 16.3. The Hall–Kier alpha value is -2.96. The van der Waals surface area contributed by atoms with E-state index in [0.29, 0.717) is 5.56 Å². The number of hydrogen-bond donors (Lipinski definition) is 1. The minimum atomic E-state index is -0.390. The number of carbonyl (C=O) groups is 1. The van der Waals surface area contributed by atoms with Gasteiger partial charge in [-0.1, -0.05) is 60.3 Å². The van der Waals surface area contributed by atoms with Gasteiger partial charge in [-0.3, -0.25) is 4.79 Å². The summed E-state index contributed by atoms with van der Waals surface area (Å²) in [7, 11) is 0. The van der Waals surface area contributed by atoms with Crippen LogP contribution in [0.5, 0.6) is 0 Å². The third kappa shape index (κ3) is 3.00. The van der Waals surface area contributed by atoms with E-state index in [2.05, 4.69) is 15.0 Å². The standard InChI is InChI=1S/C22H15N3OS2/c26-19(17-12-23-18-9-5-4-8-15(17)18)20(14-6-2-1-3-7-14)28-22-16-10-11-27-21(16)24-13-25-22/h1-13,20,23H/t20-/m0/s1. The molecule has 3 heterocycles. The molecule has 4 nitrogen and oxygen atoms in total. The number of hydrogen-bond acceptors (Lipinski definition) is 5. The van der Waals surface area contributed by atoms with Gasteiger partial charge in [0.25, 0.3) is 0 Å². The Bertz CT molecular complexity index is 1280. The van der Waals surface area contributed by atoms with E-state index < -0.39 is 5.25 Å². The summed E-state index contributed by atoms with van der Waals surface area (Å²) in [6.45, 7) is 0. The minimum absolute atomic E-state index is 0.0654. The third-order valence-corrected chi connectivity index (χ3v) is 6.74. The van der Waals surface area contributed by atoms with Gasteiger partial charge in [0.15, 0.2) is 5.78 Å². The molecule has 6 heteroatoms. The third-order valence-electron chi connectivity index (χ3n) is 4.65. The number of rotatable bonds is 5. The smallest absolute Gasteiger partial charge is 0.182 e. The lowest BCUT2D eigenvalue weighted by Gasteiger charge is -2.15. The monoisotopic (exact) mass is 401 g/mol. The number of para-hydroxylation sites is 1. The molecule has 0 bridgehead atoms. The molecule has 0 unspecified atom stereocenters. The van der Waals surface area contributed by atoms with Gasteiger partial charge in [-0.15, -0.1) is 11.3 Å². The number of Topliss-reactive ketones (excluding diaryl/α,β-unsaturated/α-hetero) is 1. The fourth-order valence-corrected chi connectivity index (χ4v) is 5.24. The number of benzene rings is 2. The molecule has 0 aliphatic rings. The number of H-pyrrole nitrogens is 1. The molecule has 28 heavy (non-hydrogen) atoms. The van der Waals surface area contributed by atoms with Crippen LogP contribution in [0.25, 0.3) is 21.1 Å². The molecule has 0 aliphatic carbocycles. The van der Waals surface area contributed by atoms with Crippen LogP contribution in [0.4, 0.5) is 0 Å². The zero-order chi connectivity index (χ0) is 18.9. The Kier molecular flexibility index (Phi) is 4.43. The number of aromatic nitrogens is 3. The van der Waals surface area contributed by atoms with Crippen molar-refractivity contribution in [3.8, 4) is 0 Å². The quantitative estimate of drug-likeness (QED) is 0.227. The Balaban J connectivity index is 1.61. The Morgan fingerprint density at radius 3 is 2.68 bits per heavy atom. The summed E-state index contributed by atoms with van der Waals surface area (Å²) < 4.78 is 0. The van der Waals surface area contributed by atoms with Crippen LogP contribution >= 0.6 is 23.1 Å². The van der Waals surface area contributed by atoms with E-state index in [-0.39, 0.29) is 5.78 Å². The summed E-state index contributed by atoms with van der Waals surface area (Å²) in [4.78, 5) is 26.6. The van der Waals surface area contributed by atoms with E-state index in [0.717, 1.165) is 31.7 Å². The van der Waals surface area contributed by atoms with Crippen molar-refractivity contribution in [2.75, 3.05) is 0 Å². The number of fused-ring (bicyclic) bond motifs is 2. The molecular formula is C22H15N3OS2. The SMILES string of the molecule is O=C(c1c[nH]c2ccccc12)[C@@H](Sc1ncnc2sccc12)c1ccccc1. The van der Waals surface area contributed by atoms with Crippen molar-refractivity contribution in [1.82, 2.24) is 15.0 Å². The molecule has 0 spiro atoms. The predicted molar refractivity (Wildman–Crippen MR) is 115 cm³/mol. The number of carbonyl (C=O) groups excluding carboxylic acids is 1. The zero-order valence-electron chi connectivity index (χ0n) is 14.7. The second-order valence-electron chi connectivity index (χ2n) is 6.34. The summed E-state index contributed by atoms with van der Waals surface area (Å²) in [5, 5.41) is 4.37. The van der Waals surface area contributed by atoms with Crippen molar-refractivity contribution < 1.29 is 4.79 Å². The van der Waals surface area contributed by atoms with Gasteiger partial charge in [0.1, 0.15) is 16.2 Å². The average molecular weight is 402 g/mol. The highest BCUT2D eigenvalue weighted by Gasteiger charge is 2.26. The van der Waals surface area contributed by atoms with Crippen LogP contribution in [0.1, 0.15) is 21.2 Å². The second-order valence-corrected chi connectivity index (χ2v) is 8.33. The van der Waals surface area contributed by atoms with Crippen LogP contribution in [-0.4, -0.2) is 20.7 Å². The largest absolute Gasteiger partial charge is 0.360 e. The number of ketones is 1. The Morgan fingerprint density at radius 1 is 0.964 bits per heavy atom. The molecule has 0 radical (unpaired) electrons. The molecule has 0 amide bonds. The van der Waals surface area contributed by atoms with E-state index in [1.807, 2.05) is 72.2 Å². The lowest BCUT2D eigenvalue weighted by molar-refractivity contribution is 0.0991. The van der Waals surface area contributed by atoms with E-state index in [1.54, 1.807) is 17.7 Å². The molecule has 5 aromatic rings. The van der Waals surface area contributed by atoms with Crippen LogP contribution < -0.4 is 0 Å². The highest BCUT2D eigenvalue weighted by atomic mass is 32.2. The fraction of sp³-hybridized carbons (Fsp3) is 0.0455. The molecule has 0 fully saturated rings. The van der Waals surface area contributed by atoms with E-state index in [1.165, 1.54) is 11.8 Å². The molecule has 5 rings (SSSR count). The fourth-order valence-electron chi connectivity index (χ4n) is 3.29. The summed E-state index contributed by atoms with van der Waals surface area (Å²) >= 11 is 3.06. The van der Waals surface area contributed by atoms with E-state index in [9.17, 15) is 4.79 Å². The first-order valence-corrected chi connectivity index (χ1v) is 10.6. The predicted octanol–water partition coefficient (Wildman–Crippen LogP) is 5.89. The maximum Gasteiger partial charge on any atom is 0.182 e. The van der Waals surface area contributed by atoms with Crippen molar-refractivity contribution in [2.24, 2.45) is 0 Å². The van der Waals surface area contributed by atoms with Crippen LogP contribution in [0, 0.1) is 0 Å². The number of aromatic amines is 1. The number of thioether (sulfide) groups is 1. The number of nitrogens with one attached hydrogen (secondary N) is 1. The highest BCUT2D eigenvalue weighted by Crippen LogP contribution is 2.41. The van der Waals surface area contributed by atoms with Gasteiger partial charge in [-0.2, -0.15) is 0 Å². The Morgan fingerprint density at radius 2 is 1.79 bits per heavy atom. The van der Waals surface area contributed by atoms with Crippen molar-refractivity contribution >= 4 is 50.0 Å². The molecule has 136 valence electrons. The molecule has 3 aromatic heterocycles. The van der Waals surface area contributed by atoms with Crippen LogP contribution in [0.15, 0.2) is 83.6 Å². The van der Waals surface area contributed by atoms with Gasteiger partial charge < -0.3 is 4.98 Å². The van der Waals surface area contributed by atoms with Crippen molar-refractivity contribution in [3.05, 3.63) is 89.7 Å². The summed E-state index contributed by atoms with van der Waals surface area (Å²) in [5.74, 6) is 0.0654. The summed E-state index contributed by atoms with van der Waals surface area (Å²) in [6.07, 6.45) is 3.38. The Labute approximate surface area is 169 Å². The maximum absolute atomic E-state index is 13.6. The lowest BCUT2D eigenvalue weighted by atomic mass is 10.0. The van der Waals surface area contributed by atoms with Crippen LogP contribution in [0.3, 0.4) is 0 Å². The number of thiophene rings is 1. The van der Waals surface area contributed by atoms with Crippen molar-refractivity contribution in [3.63, 3.8) is 0 Å². The molecule has 0 aliphatic heterocycles. The van der Waals surface area contributed by atoms with Crippen molar-refractivity contribution in [1.29, 1.82) is 0 Å². The molecule has 1 atom stereocenters. The number of nitrogens with zero attached hydrogens (tertiary/aromatic N) is 2.